The number of anilines is 1. The first kappa shape index (κ1) is 16.4. The van der Waals surface area contributed by atoms with Crippen LogP contribution in [0.2, 0.25) is 0 Å². The Labute approximate surface area is 131 Å². The van der Waals surface area contributed by atoms with E-state index in [9.17, 15) is 14.0 Å². The van der Waals surface area contributed by atoms with Crippen LogP contribution in [-0.4, -0.2) is 42.5 Å². The van der Waals surface area contributed by atoms with Crippen LogP contribution in [0.1, 0.15) is 6.42 Å². The molecule has 1 aromatic carbocycles. The Kier molecular flexibility index (Phi) is 5.91. The maximum Gasteiger partial charge on any atom is 0.240 e. The molecule has 8 heteroatoms. The van der Waals surface area contributed by atoms with Gasteiger partial charge in [0.15, 0.2) is 5.17 Å². The molecule has 2 N–H and O–H groups in total. The lowest BCUT2D eigenvalue weighted by molar-refractivity contribution is -0.122. The van der Waals surface area contributed by atoms with Crippen LogP contribution in [0.25, 0.3) is 0 Å². The number of hydrogen-bond acceptors (Lipinski definition) is 5. The van der Waals surface area contributed by atoms with Crippen LogP contribution >= 0.6 is 11.8 Å². The van der Waals surface area contributed by atoms with Crippen LogP contribution in [0.3, 0.4) is 0 Å². The zero-order chi connectivity index (χ0) is 15.9. The first-order valence-electron chi connectivity index (χ1n) is 6.65. The maximum absolute atomic E-state index is 13.4. The van der Waals surface area contributed by atoms with Crippen molar-refractivity contribution in [3.05, 3.63) is 30.1 Å². The van der Waals surface area contributed by atoms with Crippen LogP contribution in [0.15, 0.2) is 29.3 Å². The molecule has 1 aliphatic heterocycles. The molecule has 0 saturated carbocycles. The summed E-state index contributed by atoms with van der Waals surface area (Å²) in [5.41, 5.74) is 0.102. The van der Waals surface area contributed by atoms with Gasteiger partial charge in [0, 0.05) is 13.5 Å². The number of nitrogens with zero attached hydrogens (tertiary/aromatic N) is 1. The van der Waals surface area contributed by atoms with Crippen molar-refractivity contribution in [3.63, 3.8) is 0 Å². The Bertz CT molecular complexity index is 594. The predicted molar refractivity (Wildman–Crippen MR) is 83.3 cm³/mol. The Morgan fingerprint density at radius 3 is 3.00 bits per heavy atom. The lowest BCUT2D eigenvalue weighted by atomic mass is 10.2. The van der Waals surface area contributed by atoms with E-state index in [4.69, 9.17) is 4.74 Å². The van der Waals surface area contributed by atoms with Crippen molar-refractivity contribution in [2.75, 3.05) is 25.6 Å². The van der Waals surface area contributed by atoms with Gasteiger partial charge in [0.2, 0.25) is 11.8 Å². The number of carbonyl (C=O) groups excluding carboxylic acids is 2. The fourth-order valence-corrected chi connectivity index (χ4v) is 2.78. The summed E-state index contributed by atoms with van der Waals surface area (Å²) < 4.78 is 18.3. The largest absolute Gasteiger partial charge is 0.383 e. The number of methoxy groups -OCH3 is 1. The molecule has 2 amide bonds. The van der Waals surface area contributed by atoms with E-state index in [0.717, 1.165) is 0 Å². The number of carbonyl (C=O) groups is 2. The molecule has 2 rings (SSSR count). The fourth-order valence-electron chi connectivity index (χ4n) is 1.79. The van der Waals surface area contributed by atoms with E-state index in [0.29, 0.717) is 18.3 Å². The SMILES string of the molecule is COCCN=C1NC(=O)[C@H](CC(=O)Nc2ccccc2F)S1. The number of ether oxygens (including phenoxy) is 1. The highest BCUT2D eigenvalue weighted by atomic mass is 32.2. The summed E-state index contributed by atoms with van der Waals surface area (Å²) in [5.74, 6) is -1.21. The molecule has 1 saturated heterocycles. The summed E-state index contributed by atoms with van der Waals surface area (Å²) in [6.45, 7) is 0.894. The van der Waals surface area contributed by atoms with E-state index in [1.165, 1.54) is 30.0 Å². The monoisotopic (exact) mass is 325 g/mol. The highest BCUT2D eigenvalue weighted by Gasteiger charge is 2.32. The van der Waals surface area contributed by atoms with Gasteiger partial charge in [-0.05, 0) is 12.1 Å². The van der Waals surface area contributed by atoms with Gasteiger partial charge in [-0.2, -0.15) is 0 Å². The van der Waals surface area contributed by atoms with Crippen molar-refractivity contribution in [2.45, 2.75) is 11.7 Å². The Morgan fingerprint density at radius 2 is 2.27 bits per heavy atom. The van der Waals surface area contributed by atoms with Gasteiger partial charge in [-0.15, -0.1) is 0 Å². The Balaban J connectivity index is 1.88. The summed E-state index contributed by atoms with van der Waals surface area (Å²) in [6, 6.07) is 5.88. The van der Waals surface area contributed by atoms with Crippen LogP contribution in [0.4, 0.5) is 10.1 Å². The van der Waals surface area contributed by atoms with Crippen LogP contribution < -0.4 is 10.6 Å². The highest BCUT2D eigenvalue weighted by Crippen LogP contribution is 2.23. The minimum atomic E-state index is -0.562. The number of para-hydroxylation sites is 1. The third-order valence-electron chi connectivity index (χ3n) is 2.85. The molecule has 1 fully saturated rings. The van der Waals surface area contributed by atoms with Crippen molar-refractivity contribution in [3.8, 4) is 0 Å². The summed E-state index contributed by atoms with van der Waals surface area (Å²) >= 11 is 1.19. The average Bonchev–Trinajstić information content (AvgIpc) is 2.82. The molecular weight excluding hydrogens is 309 g/mol. The number of benzene rings is 1. The second-order valence-electron chi connectivity index (χ2n) is 4.51. The minimum absolute atomic E-state index is 0.0475. The maximum atomic E-state index is 13.4. The van der Waals surface area contributed by atoms with Gasteiger partial charge in [-0.1, -0.05) is 23.9 Å². The van der Waals surface area contributed by atoms with Gasteiger partial charge in [-0.25, -0.2) is 4.39 Å². The van der Waals surface area contributed by atoms with Crippen molar-refractivity contribution in [2.24, 2.45) is 4.99 Å². The molecule has 1 heterocycles. The van der Waals surface area contributed by atoms with Crippen molar-refractivity contribution in [1.82, 2.24) is 5.32 Å². The second-order valence-corrected chi connectivity index (χ2v) is 5.70. The smallest absolute Gasteiger partial charge is 0.240 e. The summed E-state index contributed by atoms with van der Waals surface area (Å²) in [5, 5.41) is 4.98. The molecule has 0 spiro atoms. The summed E-state index contributed by atoms with van der Waals surface area (Å²) in [4.78, 5) is 27.8. The van der Waals surface area contributed by atoms with Crippen molar-refractivity contribution >= 4 is 34.4 Å². The Hall–Kier alpha value is -1.93. The number of amides is 2. The molecule has 0 bridgehead atoms. The number of rotatable bonds is 6. The summed E-state index contributed by atoms with van der Waals surface area (Å²) in [6.07, 6.45) is -0.0475. The van der Waals surface area contributed by atoms with Crippen molar-refractivity contribution in [1.29, 1.82) is 0 Å². The van der Waals surface area contributed by atoms with Gasteiger partial charge in [0.25, 0.3) is 0 Å². The molecule has 0 unspecified atom stereocenters. The standard InChI is InChI=1S/C14H16FN3O3S/c1-21-7-6-16-14-18-13(20)11(22-14)8-12(19)17-10-5-3-2-4-9(10)15/h2-5,11H,6-8H2,1H3,(H,17,19)(H,16,18,20)/t11-/m0/s1. The highest BCUT2D eigenvalue weighted by molar-refractivity contribution is 8.15. The van der Waals surface area contributed by atoms with E-state index in [-0.39, 0.29) is 18.0 Å². The minimum Gasteiger partial charge on any atom is -0.383 e. The third kappa shape index (κ3) is 4.54. The number of nitrogens with one attached hydrogen (secondary N) is 2. The quantitative estimate of drug-likeness (QED) is 0.775. The van der Waals surface area contributed by atoms with Gasteiger partial charge < -0.3 is 15.4 Å². The van der Waals surface area contributed by atoms with E-state index in [1.54, 1.807) is 13.2 Å². The molecule has 0 aliphatic carbocycles. The number of aliphatic imine (C=N–C) groups is 1. The summed E-state index contributed by atoms with van der Waals surface area (Å²) in [7, 11) is 1.57. The number of hydrogen-bond donors (Lipinski definition) is 2. The number of amidine groups is 1. The molecule has 1 aromatic rings. The predicted octanol–water partition coefficient (Wildman–Crippen LogP) is 1.39. The van der Waals surface area contributed by atoms with Crippen LogP contribution in [-0.2, 0) is 14.3 Å². The first-order valence-corrected chi connectivity index (χ1v) is 7.53. The number of thioether (sulfide) groups is 1. The topological polar surface area (TPSA) is 79.8 Å². The van der Waals surface area contributed by atoms with E-state index in [1.807, 2.05) is 0 Å². The van der Waals surface area contributed by atoms with Gasteiger partial charge in [0.05, 0.1) is 18.8 Å². The van der Waals surface area contributed by atoms with E-state index in [2.05, 4.69) is 15.6 Å². The first-order chi connectivity index (χ1) is 10.6. The zero-order valence-corrected chi connectivity index (χ0v) is 12.8. The molecule has 22 heavy (non-hydrogen) atoms. The van der Waals surface area contributed by atoms with Gasteiger partial charge in [-0.3, -0.25) is 14.6 Å². The fraction of sp³-hybridized carbons (Fsp3) is 0.357. The van der Waals surface area contributed by atoms with Crippen molar-refractivity contribution < 1.29 is 18.7 Å². The van der Waals surface area contributed by atoms with Gasteiger partial charge >= 0.3 is 0 Å². The molecule has 6 nitrogen and oxygen atoms in total. The van der Waals surface area contributed by atoms with Crippen LogP contribution in [0.5, 0.6) is 0 Å². The lowest BCUT2D eigenvalue weighted by Gasteiger charge is -2.08. The number of halogens is 1. The second kappa shape index (κ2) is 7.90. The molecule has 0 radical (unpaired) electrons. The van der Waals surface area contributed by atoms with Crippen LogP contribution in [0, 0.1) is 5.82 Å². The lowest BCUT2D eigenvalue weighted by Crippen LogP contribution is -2.28. The molecule has 0 aromatic heterocycles. The Morgan fingerprint density at radius 1 is 1.50 bits per heavy atom. The molecule has 1 aliphatic rings. The normalized spacial score (nSPS) is 19.3. The van der Waals surface area contributed by atoms with Gasteiger partial charge in [0.1, 0.15) is 11.1 Å². The molecule has 118 valence electrons. The zero-order valence-electron chi connectivity index (χ0n) is 12.0. The third-order valence-corrected chi connectivity index (χ3v) is 3.97. The van der Waals surface area contributed by atoms with E-state index >= 15 is 0 Å². The van der Waals surface area contributed by atoms with E-state index < -0.39 is 17.0 Å². The molecule has 1 atom stereocenters. The average molecular weight is 325 g/mol. The molecular formula is C14H16FN3O3S.